The minimum absolute atomic E-state index is 0.00103. The van der Waals surface area contributed by atoms with Crippen molar-refractivity contribution in [1.82, 2.24) is 9.80 Å². The molecule has 1 fully saturated rings. The van der Waals surface area contributed by atoms with Crippen LogP contribution in [0.3, 0.4) is 0 Å². The van der Waals surface area contributed by atoms with Crippen LogP contribution in [0.1, 0.15) is 55.9 Å². The Morgan fingerprint density at radius 1 is 1.09 bits per heavy atom. The molecule has 2 aromatic carbocycles. The predicted octanol–water partition coefficient (Wildman–Crippen LogP) is 4.81. The van der Waals surface area contributed by atoms with E-state index in [0.717, 1.165) is 16.7 Å². The van der Waals surface area contributed by atoms with Gasteiger partial charge in [-0.2, -0.15) is 0 Å². The average Bonchev–Trinajstić information content (AvgIpc) is 2.81. The zero-order valence-electron chi connectivity index (χ0n) is 21.2. The number of nitrogens with two attached hydrogens (primary N) is 1. The molecule has 0 radical (unpaired) electrons. The van der Waals surface area contributed by atoms with Gasteiger partial charge in [-0.05, 0) is 48.8 Å². The van der Waals surface area contributed by atoms with Crippen LogP contribution in [0.2, 0.25) is 0 Å². The monoisotopic (exact) mass is 465 g/mol. The van der Waals surface area contributed by atoms with Crippen LogP contribution in [-0.2, 0) is 22.7 Å². The molecule has 2 N–H and O–H groups in total. The number of ether oxygens (including phenoxy) is 1. The van der Waals surface area contributed by atoms with E-state index in [1.54, 1.807) is 0 Å². The fraction of sp³-hybridized carbons (Fsp3) is 0.500. The Hall–Kier alpha value is -2.86. The van der Waals surface area contributed by atoms with Crippen LogP contribution in [0.4, 0.5) is 4.79 Å². The van der Waals surface area contributed by atoms with E-state index in [1.165, 1.54) is 5.56 Å². The molecule has 0 unspecified atom stereocenters. The van der Waals surface area contributed by atoms with Crippen molar-refractivity contribution in [2.24, 2.45) is 11.1 Å². The van der Waals surface area contributed by atoms with E-state index in [-0.39, 0.29) is 30.1 Å². The van der Waals surface area contributed by atoms with Gasteiger partial charge < -0.3 is 20.3 Å². The number of benzene rings is 2. The molecule has 1 heterocycles. The first-order valence-corrected chi connectivity index (χ1v) is 12.1. The van der Waals surface area contributed by atoms with E-state index in [1.807, 2.05) is 60.9 Å². The first-order chi connectivity index (χ1) is 16.1. The van der Waals surface area contributed by atoms with Gasteiger partial charge in [0.15, 0.2) is 0 Å². The Bertz CT molecular complexity index is 976. The summed E-state index contributed by atoms with van der Waals surface area (Å²) in [6.07, 6.45) is 1.09. The summed E-state index contributed by atoms with van der Waals surface area (Å²) in [4.78, 5) is 29.8. The normalized spacial score (nSPS) is 15.6. The second-order valence-corrected chi connectivity index (χ2v) is 10.5. The number of hydrogen-bond donors (Lipinski definition) is 1. The Labute approximate surface area is 204 Å². The highest BCUT2D eigenvalue weighted by Gasteiger charge is 2.35. The highest BCUT2D eigenvalue weighted by molar-refractivity contribution is 5.82. The van der Waals surface area contributed by atoms with Crippen LogP contribution < -0.4 is 5.73 Å². The number of hydrogen-bond acceptors (Lipinski definition) is 4. The fourth-order valence-corrected chi connectivity index (χ4v) is 4.32. The third kappa shape index (κ3) is 6.60. The Morgan fingerprint density at radius 3 is 2.32 bits per heavy atom. The molecular formula is C28H39N3O3. The molecule has 184 valence electrons. The van der Waals surface area contributed by atoms with Crippen molar-refractivity contribution in [2.45, 2.75) is 72.7 Å². The summed E-state index contributed by atoms with van der Waals surface area (Å²) in [5, 5.41) is 0. The van der Waals surface area contributed by atoms with Gasteiger partial charge in [0.05, 0.1) is 6.04 Å². The standard InChI is InChI=1S/C28H39N3O3/c1-20-11-12-23(21(2)17-20)18-31(27(33)34-19-22-9-7-6-8-10-22)24-13-15-30(16-14-24)26(32)25(29)28(3,4)5/h6-12,17,24-25H,13-16,18-19,29H2,1-5H3/t25-/m1/s1. The van der Waals surface area contributed by atoms with E-state index in [2.05, 4.69) is 32.0 Å². The number of aryl methyl sites for hydroxylation is 2. The van der Waals surface area contributed by atoms with E-state index in [0.29, 0.717) is 32.5 Å². The third-order valence-electron chi connectivity index (χ3n) is 6.69. The summed E-state index contributed by atoms with van der Waals surface area (Å²) in [6.45, 7) is 12.0. The van der Waals surface area contributed by atoms with E-state index in [4.69, 9.17) is 10.5 Å². The molecule has 2 aromatic rings. The van der Waals surface area contributed by atoms with E-state index < -0.39 is 6.04 Å². The number of likely N-dealkylation sites (tertiary alicyclic amines) is 1. The Balaban J connectivity index is 1.71. The molecule has 1 aliphatic rings. The number of carbonyl (C=O) groups is 2. The number of amides is 2. The van der Waals surface area contributed by atoms with Crippen LogP contribution in [0.5, 0.6) is 0 Å². The SMILES string of the molecule is Cc1ccc(CN(C(=O)OCc2ccccc2)C2CCN(C(=O)[C@@H](N)C(C)(C)C)CC2)c(C)c1. The maximum atomic E-state index is 13.3. The molecule has 6 nitrogen and oxygen atoms in total. The molecule has 1 aliphatic heterocycles. The van der Waals surface area contributed by atoms with Crippen molar-refractivity contribution < 1.29 is 14.3 Å². The van der Waals surface area contributed by atoms with Crippen molar-refractivity contribution >= 4 is 12.0 Å². The van der Waals surface area contributed by atoms with Crippen LogP contribution >= 0.6 is 0 Å². The molecule has 0 spiro atoms. The van der Waals surface area contributed by atoms with Gasteiger partial charge >= 0.3 is 6.09 Å². The molecule has 1 saturated heterocycles. The van der Waals surface area contributed by atoms with Crippen molar-refractivity contribution in [3.8, 4) is 0 Å². The topological polar surface area (TPSA) is 75.9 Å². The Morgan fingerprint density at radius 2 is 1.74 bits per heavy atom. The zero-order chi connectivity index (χ0) is 24.9. The minimum atomic E-state index is -0.536. The summed E-state index contributed by atoms with van der Waals surface area (Å²) < 4.78 is 5.72. The molecule has 6 heteroatoms. The molecule has 3 rings (SSSR count). The molecule has 1 atom stereocenters. The minimum Gasteiger partial charge on any atom is -0.445 e. The Kier molecular flexibility index (Phi) is 8.37. The summed E-state index contributed by atoms with van der Waals surface area (Å²) in [7, 11) is 0. The third-order valence-corrected chi connectivity index (χ3v) is 6.69. The molecule has 34 heavy (non-hydrogen) atoms. The van der Waals surface area contributed by atoms with Crippen LogP contribution in [0.25, 0.3) is 0 Å². The zero-order valence-corrected chi connectivity index (χ0v) is 21.2. The van der Waals surface area contributed by atoms with Gasteiger partial charge in [-0.3, -0.25) is 4.79 Å². The number of nitrogens with zero attached hydrogens (tertiary/aromatic N) is 2. The van der Waals surface area contributed by atoms with Crippen molar-refractivity contribution in [2.75, 3.05) is 13.1 Å². The summed E-state index contributed by atoms with van der Waals surface area (Å²) in [5.41, 5.74) is 10.3. The summed E-state index contributed by atoms with van der Waals surface area (Å²) >= 11 is 0. The highest BCUT2D eigenvalue weighted by Crippen LogP contribution is 2.25. The first kappa shape index (κ1) is 25.8. The van der Waals surface area contributed by atoms with Gasteiger partial charge in [0.25, 0.3) is 0 Å². The molecule has 0 bridgehead atoms. The summed E-state index contributed by atoms with van der Waals surface area (Å²) in [5.74, 6) is -0.0152. The van der Waals surface area contributed by atoms with Gasteiger partial charge in [-0.15, -0.1) is 0 Å². The second kappa shape index (κ2) is 11.0. The molecule has 0 aliphatic carbocycles. The van der Waals surface area contributed by atoms with Crippen molar-refractivity contribution in [1.29, 1.82) is 0 Å². The largest absolute Gasteiger partial charge is 0.445 e. The fourth-order valence-electron chi connectivity index (χ4n) is 4.32. The number of rotatable bonds is 6. The van der Waals surface area contributed by atoms with Gasteiger partial charge in [0.2, 0.25) is 5.91 Å². The number of carbonyl (C=O) groups excluding carboxylic acids is 2. The predicted molar refractivity (Wildman–Crippen MR) is 135 cm³/mol. The second-order valence-electron chi connectivity index (χ2n) is 10.5. The maximum Gasteiger partial charge on any atom is 0.410 e. The maximum absolute atomic E-state index is 13.3. The lowest BCUT2D eigenvalue weighted by Crippen LogP contribution is -2.54. The van der Waals surface area contributed by atoms with E-state index in [9.17, 15) is 9.59 Å². The molecule has 0 aromatic heterocycles. The summed E-state index contributed by atoms with van der Waals surface area (Å²) in [6, 6.07) is 15.5. The van der Waals surface area contributed by atoms with Crippen LogP contribution in [-0.4, -0.2) is 47.0 Å². The molecule has 2 amide bonds. The number of piperidine rings is 1. The van der Waals surface area contributed by atoms with Crippen LogP contribution in [0.15, 0.2) is 48.5 Å². The van der Waals surface area contributed by atoms with Gasteiger partial charge in [0, 0.05) is 25.7 Å². The van der Waals surface area contributed by atoms with Gasteiger partial charge in [-0.25, -0.2) is 4.79 Å². The average molecular weight is 466 g/mol. The lowest BCUT2D eigenvalue weighted by atomic mass is 9.86. The smallest absolute Gasteiger partial charge is 0.410 e. The lowest BCUT2D eigenvalue weighted by Gasteiger charge is -2.40. The first-order valence-electron chi connectivity index (χ1n) is 12.1. The van der Waals surface area contributed by atoms with E-state index >= 15 is 0 Å². The highest BCUT2D eigenvalue weighted by atomic mass is 16.6. The van der Waals surface area contributed by atoms with Crippen molar-refractivity contribution in [3.05, 3.63) is 70.8 Å². The quantitative estimate of drug-likeness (QED) is 0.664. The van der Waals surface area contributed by atoms with Crippen LogP contribution in [0, 0.1) is 19.3 Å². The van der Waals surface area contributed by atoms with Gasteiger partial charge in [-0.1, -0.05) is 74.9 Å². The van der Waals surface area contributed by atoms with Gasteiger partial charge in [0.1, 0.15) is 6.61 Å². The molecule has 0 saturated carbocycles. The lowest BCUT2D eigenvalue weighted by molar-refractivity contribution is -0.136. The molecular weight excluding hydrogens is 426 g/mol. The van der Waals surface area contributed by atoms with Crippen molar-refractivity contribution in [3.63, 3.8) is 0 Å².